The first-order valence-corrected chi connectivity index (χ1v) is 4.64. The van der Waals surface area contributed by atoms with E-state index in [1.54, 1.807) is 12.1 Å². The Bertz CT molecular complexity index is 624. The number of nitrogen functional groups attached to an aromatic ring is 1. The third-order valence-corrected chi connectivity index (χ3v) is 2.23. The summed E-state index contributed by atoms with van der Waals surface area (Å²) in [6.07, 6.45) is 0. The molecule has 7 nitrogen and oxygen atoms in total. The molecule has 0 unspecified atom stereocenters. The summed E-state index contributed by atoms with van der Waals surface area (Å²) in [5.41, 5.74) is 12.3. The van der Waals surface area contributed by atoms with Crippen LogP contribution in [-0.4, -0.2) is 21.3 Å². The fraction of sp³-hybridized carbons (Fsp3) is 0. The molecule has 0 spiro atoms. The van der Waals surface area contributed by atoms with Gasteiger partial charge in [-0.15, -0.1) is 0 Å². The minimum atomic E-state index is -0.691. The number of anilines is 1. The second kappa shape index (κ2) is 3.94. The third-order valence-electron chi connectivity index (χ3n) is 2.23. The van der Waals surface area contributed by atoms with Crippen LogP contribution in [-0.2, 0) is 0 Å². The van der Waals surface area contributed by atoms with Crippen molar-refractivity contribution in [2.24, 2.45) is 5.73 Å². The normalized spacial score (nSPS) is 9.82. The Labute approximate surface area is 96.0 Å². The summed E-state index contributed by atoms with van der Waals surface area (Å²) in [4.78, 5) is 11.1. The number of nitriles is 1. The number of nitrogens with one attached hydrogen (secondary N) is 1. The van der Waals surface area contributed by atoms with Crippen molar-refractivity contribution in [3.05, 3.63) is 29.5 Å². The smallest absolute Gasteiger partial charge is 0.271 e. The van der Waals surface area contributed by atoms with Crippen molar-refractivity contribution >= 4 is 11.6 Å². The Hall–Kier alpha value is -2.88. The highest BCUT2D eigenvalue weighted by Gasteiger charge is 2.15. The van der Waals surface area contributed by atoms with E-state index in [1.165, 1.54) is 6.07 Å². The Balaban J connectivity index is 2.58. The number of aromatic amines is 1. The molecule has 0 atom stereocenters. The lowest BCUT2D eigenvalue weighted by molar-refractivity contribution is 0.0996. The SMILES string of the molecule is N#Cc1cc(-c2n[nH]nc2C(N)=O)ccc1N. The van der Waals surface area contributed by atoms with Crippen molar-refractivity contribution in [1.29, 1.82) is 5.26 Å². The minimum absolute atomic E-state index is 0.0265. The third kappa shape index (κ3) is 1.79. The maximum absolute atomic E-state index is 11.1. The molecule has 0 aliphatic carbocycles. The molecule has 1 aromatic heterocycles. The lowest BCUT2D eigenvalue weighted by atomic mass is 10.1. The molecule has 2 aromatic rings. The lowest BCUT2D eigenvalue weighted by Gasteiger charge is -2.01. The summed E-state index contributed by atoms with van der Waals surface area (Å²) in [5, 5.41) is 18.6. The number of nitrogens with zero attached hydrogens (tertiary/aromatic N) is 3. The number of benzene rings is 1. The summed E-state index contributed by atoms with van der Waals surface area (Å²) < 4.78 is 0. The quantitative estimate of drug-likeness (QED) is 0.623. The van der Waals surface area contributed by atoms with Gasteiger partial charge in [-0.25, -0.2) is 0 Å². The van der Waals surface area contributed by atoms with Gasteiger partial charge in [-0.1, -0.05) is 6.07 Å². The van der Waals surface area contributed by atoms with Crippen molar-refractivity contribution in [1.82, 2.24) is 15.4 Å². The summed E-state index contributed by atoms with van der Waals surface area (Å²) in [5.74, 6) is -0.691. The van der Waals surface area contributed by atoms with Crippen LogP contribution in [0, 0.1) is 11.3 Å². The van der Waals surface area contributed by atoms with E-state index >= 15 is 0 Å². The fourth-order valence-corrected chi connectivity index (χ4v) is 1.40. The molecule has 0 aliphatic heterocycles. The first kappa shape index (κ1) is 10.6. The summed E-state index contributed by atoms with van der Waals surface area (Å²) in [6, 6.07) is 6.68. The highest BCUT2D eigenvalue weighted by molar-refractivity contribution is 5.96. The molecule has 0 saturated heterocycles. The zero-order valence-electron chi connectivity index (χ0n) is 8.64. The lowest BCUT2D eigenvalue weighted by Crippen LogP contribution is -2.12. The second-order valence-corrected chi connectivity index (χ2v) is 3.30. The highest BCUT2D eigenvalue weighted by atomic mass is 16.1. The van der Waals surface area contributed by atoms with Crippen molar-refractivity contribution in [2.75, 3.05) is 5.73 Å². The topological polar surface area (TPSA) is 134 Å². The van der Waals surface area contributed by atoms with Gasteiger partial charge in [0.25, 0.3) is 5.91 Å². The number of hydrogen-bond donors (Lipinski definition) is 3. The van der Waals surface area contributed by atoms with E-state index in [0.29, 0.717) is 22.5 Å². The van der Waals surface area contributed by atoms with Crippen LogP contribution >= 0.6 is 0 Å². The number of H-pyrrole nitrogens is 1. The van der Waals surface area contributed by atoms with E-state index in [0.717, 1.165) is 0 Å². The van der Waals surface area contributed by atoms with Crippen LogP contribution in [0.1, 0.15) is 16.1 Å². The monoisotopic (exact) mass is 228 g/mol. The maximum Gasteiger partial charge on any atom is 0.271 e. The molecule has 1 aromatic carbocycles. The van der Waals surface area contributed by atoms with Gasteiger partial charge in [0.05, 0.1) is 5.56 Å². The molecule has 1 heterocycles. The van der Waals surface area contributed by atoms with Gasteiger partial charge < -0.3 is 11.5 Å². The maximum atomic E-state index is 11.1. The number of carbonyl (C=O) groups excluding carboxylic acids is 1. The number of primary amides is 1. The molecule has 0 aliphatic rings. The minimum Gasteiger partial charge on any atom is -0.398 e. The number of rotatable bonds is 2. The number of aromatic nitrogens is 3. The van der Waals surface area contributed by atoms with Crippen LogP contribution < -0.4 is 11.5 Å². The average Bonchev–Trinajstić information content (AvgIpc) is 2.78. The van der Waals surface area contributed by atoms with Crippen LogP contribution in [0.4, 0.5) is 5.69 Å². The number of amides is 1. The summed E-state index contributed by atoms with van der Waals surface area (Å²) in [6.45, 7) is 0. The molecular formula is C10H8N6O. The van der Waals surface area contributed by atoms with Gasteiger partial charge in [0, 0.05) is 11.3 Å². The van der Waals surface area contributed by atoms with Crippen LogP contribution in [0.3, 0.4) is 0 Å². The van der Waals surface area contributed by atoms with Crippen LogP contribution in [0.15, 0.2) is 18.2 Å². The molecule has 17 heavy (non-hydrogen) atoms. The standard InChI is InChI=1S/C10H8N6O/c11-4-6-3-5(1-2-7(6)12)8-9(10(13)17)15-16-14-8/h1-3H,12H2,(H2,13,17)(H,14,15,16). The van der Waals surface area contributed by atoms with E-state index in [9.17, 15) is 4.79 Å². The van der Waals surface area contributed by atoms with E-state index in [2.05, 4.69) is 15.4 Å². The first-order valence-electron chi connectivity index (χ1n) is 4.64. The second-order valence-electron chi connectivity index (χ2n) is 3.30. The predicted octanol–water partition coefficient (Wildman–Crippen LogP) is 0.0245. The van der Waals surface area contributed by atoms with Crippen LogP contribution in [0.25, 0.3) is 11.3 Å². The van der Waals surface area contributed by atoms with Crippen LogP contribution in [0.2, 0.25) is 0 Å². The molecule has 1 amide bonds. The molecule has 0 saturated carbocycles. The average molecular weight is 228 g/mol. The fourth-order valence-electron chi connectivity index (χ4n) is 1.40. The van der Waals surface area contributed by atoms with Gasteiger partial charge in [0.1, 0.15) is 11.8 Å². The molecule has 5 N–H and O–H groups in total. The zero-order chi connectivity index (χ0) is 12.4. The van der Waals surface area contributed by atoms with Gasteiger partial charge in [-0.05, 0) is 12.1 Å². The number of hydrogen-bond acceptors (Lipinski definition) is 5. The first-order chi connectivity index (χ1) is 8.13. The van der Waals surface area contributed by atoms with E-state index in [4.69, 9.17) is 16.7 Å². The van der Waals surface area contributed by atoms with Gasteiger partial charge in [0.2, 0.25) is 0 Å². The zero-order valence-corrected chi connectivity index (χ0v) is 8.64. The Morgan fingerprint density at radius 3 is 2.82 bits per heavy atom. The molecule has 0 fully saturated rings. The van der Waals surface area contributed by atoms with Gasteiger partial charge in [0.15, 0.2) is 5.69 Å². The van der Waals surface area contributed by atoms with Crippen molar-refractivity contribution < 1.29 is 4.79 Å². The van der Waals surface area contributed by atoms with E-state index in [-0.39, 0.29) is 5.69 Å². The molecule has 84 valence electrons. The van der Waals surface area contributed by atoms with E-state index in [1.807, 2.05) is 6.07 Å². The van der Waals surface area contributed by atoms with Crippen molar-refractivity contribution in [3.8, 4) is 17.3 Å². The molecule has 7 heteroatoms. The summed E-state index contributed by atoms with van der Waals surface area (Å²) in [7, 11) is 0. The number of nitrogens with two attached hydrogens (primary N) is 2. The molecule has 2 rings (SSSR count). The van der Waals surface area contributed by atoms with Gasteiger partial charge in [-0.3, -0.25) is 4.79 Å². The molecule has 0 bridgehead atoms. The van der Waals surface area contributed by atoms with Crippen LogP contribution in [0.5, 0.6) is 0 Å². The predicted molar refractivity (Wildman–Crippen MR) is 59.5 cm³/mol. The molecule has 0 radical (unpaired) electrons. The highest BCUT2D eigenvalue weighted by Crippen LogP contribution is 2.23. The summed E-state index contributed by atoms with van der Waals surface area (Å²) >= 11 is 0. The Morgan fingerprint density at radius 1 is 1.41 bits per heavy atom. The van der Waals surface area contributed by atoms with E-state index < -0.39 is 5.91 Å². The van der Waals surface area contributed by atoms with Crippen molar-refractivity contribution in [2.45, 2.75) is 0 Å². The Kier molecular flexibility index (Phi) is 2.46. The van der Waals surface area contributed by atoms with Gasteiger partial charge >= 0.3 is 0 Å². The largest absolute Gasteiger partial charge is 0.398 e. The van der Waals surface area contributed by atoms with Gasteiger partial charge in [-0.2, -0.15) is 20.7 Å². The Morgan fingerprint density at radius 2 is 2.18 bits per heavy atom. The molecular weight excluding hydrogens is 220 g/mol. The number of carbonyl (C=O) groups is 1. The van der Waals surface area contributed by atoms with Crippen molar-refractivity contribution in [3.63, 3.8) is 0 Å².